The van der Waals surface area contributed by atoms with Gasteiger partial charge in [-0.3, -0.25) is 4.79 Å². The minimum absolute atomic E-state index is 0.0494. The number of methoxy groups -OCH3 is 1. The molecule has 33 heavy (non-hydrogen) atoms. The zero-order chi connectivity index (χ0) is 23.4. The third-order valence-electron chi connectivity index (χ3n) is 5.45. The average Bonchev–Trinajstić information content (AvgIpc) is 3.27. The number of halogens is 1. The summed E-state index contributed by atoms with van der Waals surface area (Å²) in [6, 6.07) is 18.9. The van der Waals surface area contributed by atoms with Crippen LogP contribution in [0.4, 0.5) is 0 Å². The highest BCUT2D eigenvalue weighted by Crippen LogP contribution is 2.26. The fourth-order valence-corrected chi connectivity index (χ4v) is 3.94. The van der Waals surface area contributed by atoms with Crippen LogP contribution >= 0.6 is 11.6 Å². The third-order valence-corrected chi connectivity index (χ3v) is 5.70. The van der Waals surface area contributed by atoms with Crippen LogP contribution in [-0.4, -0.2) is 45.6 Å². The summed E-state index contributed by atoms with van der Waals surface area (Å²) in [4.78, 5) is 20.3. The van der Waals surface area contributed by atoms with Crippen LogP contribution in [0.25, 0.3) is 28.2 Å². The van der Waals surface area contributed by atoms with E-state index < -0.39 is 0 Å². The van der Waals surface area contributed by atoms with Crippen LogP contribution in [0, 0.1) is 0 Å². The molecule has 4 rings (SSSR count). The van der Waals surface area contributed by atoms with Gasteiger partial charge in [-0.15, -0.1) is 0 Å². The van der Waals surface area contributed by atoms with Gasteiger partial charge in [0.05, 0.1) is 18.5 Å². The molecule has 0 fully saturated rings. The third kappa shape index (κ3) is 4.86. The monoisotopic (exact) mass is 462 g/mol. The van der Waals surface area contributed by atoms with Crippen LogP contribution in [0.2, 0.25) is 5.02 Å². The second kappa shape index (κ2) is 10.0. The Hall–Kier alpha value is -3.38. The predicted octanol–water partition coefficient (Wildman–Crippen LogP) is 5.99. The molecule has 2 aromatic carbocycles. The summed E-state index contributed by atoms with van der Waals surface area (Å²) in [5.74, 6) is 0.717. The number of benzene rings is 2. The summed E-state index contributed by atoms with van der Waals surface area (Å²) in [6.45, 7) is 5.54. The van der Waals surface area contributed by atoms with E-state index in [9.17, 15) is 4.79 Å². The largest absolute Gasteiger partial charge is 0.497 e. The van der Waals surface area contributed by atoms with Crippen molar-refractivity contribution in [2.45, 2.75) is 26.7 Å². The van der Waals surface area contributed by atoms with Crippen LogP contribution < -0.4 is 4.74 Å². The van der Waals surface area contributed by atoms with Gasteiger partial charge < -0.3 is 9.64 Å². The van der Waals surface area contributed by atoms with Gasteiger partial charge in [-0.1, -0.05) is 37.6 Å². The highest BCUT2D eigenvalue weighted by molar-refractivity contribution is 6.30. The van der Waals surface area contributed by atoms with E-state index in [1.165, 1.54) is 0 Å². The van der Waals surface area contributed by atoms with Crippen molar-refractivity contribution in [1.82, 2.24) is 19.5 Å². The lowest BCUT2D eigenvalue weighted by Gasteiger charge is -2.22. The summed E-state index contributed by atoms with van der Waals surface area (Å²) in [5, 5.41) is 5.40. The highest BCUT2D eigenvalue weighted by atomic mass is 35.5. The number of nitrogens with zero attached hydrogens (tertiary/aromatic N) is 4. The predicted molar refractivity (Wildman–Crippen MR) is 132 cm³/mol. The van der Waals surface area contributed by atoms with Gasteiger partial charge in [0.25, 0.3) is 5.91 Å². The lowest BCUT2D eigenvalue weighted by Crippen LogP contribution is -2.34. The van der Waals surface area contributed by atoms with Crippen molar-refractivity contribution < 1.29 is 9.53 Å². The van der Waals surface area contributed by atoms with Crippen LogP contribution in [-0.2, 0) is 0 Å². The van der Waals surface area contributed by atoms with Crippen molar-refractivity contribution in [3.63, 3.8) is 0 Å². The van der Waals surface area contributed by atoms with Crippen molar-refractivity contribution in [2.24, 2.45) is 0 Å². The second-order valence-corrected chi connectivity index (χ2v) is 8.29. The number of amides is 1. The molecule has 0 saturated carbocycles. The van der Waals surface area contributed by atoms with Gasteiger partial charge in [-0.05, 0) is 55.3 Å². The number of hydrogen-bond acceptors (Lipinski definition) is 4. The number of ether oxygens (including phenoxy) is 1. The Bertz CT molecular complexity index is 1240. The van der Waals surface area contributed by atoms with Crippen LogP contribution in [0.5, 0.6) is 5.75 Å². The number of aromatic nitrogens is 3. The molecule has 0 bridgehead atoms. The van der Waals surface area contributed by atoms with Crippen molar-refractivity contribution >= 4 is 23.2 Å². The van der Waals surface area contributed by atoms with Gasteiger partial charge in [0.2, 0.25) is 0 Å². The Balaban J connectivity index is 1.87. The molecular weight excluding hydrogens is 436 g/mol. The fraction of sp³-hybridized carbons (Fsp3) is 0.269. The lowest BCUT2D eigenvalue weighted by atomic mass is 10.1. The molecule has 2 aromatic heterocycles. The Labute approximate surface area is 198 Å². The zero-order valence-electron chi connectivity index (χ0n) is 19.1. The minimum Gasteiger partial charge on any atom is -0.497 e. The molecule has 170 valence electrons. The van der Waals surface area contributed by atoms with E-state index in [0.29, 0.717) is 35.1 Å². The molecule has 1 amide bonds. The summed E-state index contributed by atoms with van der Waals surface area (Å²) in [5.41, 5.74) is 4.37. The molecular formula is C26H27ClN4O2. The molecule has 2 heterocycles. The van der Waals surface area contributed by atoms with Gasteiger partial charge in [0.1, 0.15) is 11.4 Å². The number of carbonyl (C=O) groups is 1. The van der Waals surface area contributed by atoms with Gasteiger partial charge >= 0.3 is 0 Å². The molecule has 6 nitrogen and oxygen atoms in total. The maximum absolute atomic E-state index is 13.6. The molecule has 0 aliphatic heterocycles. The van der Waals surface area contributed by atoms with E-state index in [2.05, 4.69) is 13.8 Å². The summed E-state index contributed by atoms with van der Waals surface area (Å²) < 4.78 is 6.93. The number of fused-ring (bicyclic) bond motifs is 1. The first-order chi connectivity index (χ1) is 16.0. The number of rotatable bonds is 8. The molecule has 0 aliphatic rings. The van der Waals surface area contributed by atoms with Crippen molar-refractivity contribution in [3.8, 4) is 28.3 Å². The van der Waals surface area contributed by atoms with Gasteiger partial charge in [0, 0.05) is 35.3 Å². The Morgan fingerprint density at radius 3 is 2.15 bits per heavy atom. The first-order valence-corrected chi connectivity index (χ1v) is 11.5. The van der Waals surface area contributed by atoms with E-state index >= 15 is 0 Å². The van der Waals surface area contributed by atoms with E-state index in [1.807, 2.05) is 65.6 Å². The second-order valence-electron chi connectivity index (χ2n) is 7.85. The molecule has 0 radical (unpaired) electrons. The quantitative estimate of drug-likeness (QED) is 0.323. The van der Waals surface area contributed by atoms with Crippen molar-refractivity contribution in [3.05, 3.63) is 71.4 Å². The van der Waals surface area contributed by atoms with Gasteiger partial charge in [-0.2, -0.15) is 5.10 Å². The molecule has 0 N–H and O–H groups in total. The molecule has 0 saturated heterocycles. The SMILES string of the molecule is CCCN(CCC)C(=O)c1cc(-c2ccc(OC)cc2)nc2cc(-c3ccc(Cl)cc3)nn12. The molecule has 7 heteroatoms. The van der Waals surface area contributed by atoms with E-state index in [0.717, 1.165) is 35.4 Å². The number of carbonyl (C=O) groups excluding carboxylic acids is 1. The van der Waals surface area contributed by atoms with Crippen molar-refractivity contribution in [1.29, 1.82) is 0 Å². The summed E-state index contributed by atoms with van der Waals surface area (Å²) in [6.07, 6.45) is 1.78. The standard InChI is InChI=1S/C26H27ClN4O2/c1-4-14-30(15-5-2)26(32)24-16-22(18-8-12-21(33-3)13-9-18)28-25-17-23(29-31(24)25)19-6-10-20(27)11-7-19/h6-13,16-17H,4-5,14-15H2,1-3H3. The van der Waals surface area contributed by atoms with Crippen LogP contribution in [0.1, 0.15) is 37.2 Å². The lowest BCUT2D eigenvalue weighted by molar-refractivity contribution is 0.0746. The fourth-order valence-electron chi connectivity index (χ4n) is 3.81. The van der Waals surface area contributed by atoms with Gasteiger partial charge in [0.15, 0.2) is 5.65 Å². The summed E-state index contributed by atoms with van der Waals surface area (Å²) >= 11 is 6.05. The number of hydrogen-bond donors (Lipinski definition) is 0. The van der Waals surface area contributed by atoms with E-state index in [4.69, 9.17) is 26.4 Å². The maximum Gasteiger partial charge on any atom is 0.272 e. The van der Waals surface area contributed by atoms with E-state index in [1.54, 1.807) is 11.6 Å². The topological polar surface area (TPSA) is 59.7 Å². The molecule has 0 aliphatic carbocycles. The first kappa shape index (κ1) is 22.8. The van der Waals surface area contributed by atoms with Crippen LogP contribution in [0.3, 0.4) is 0 Å². The van der Waals surface area contributed by atoms with Crippen LogP contribution in [0.15, 0.2) is 60.7 Å². The summed E-state index contributed by atoms with van der Waals surface area (Å²) in [7, 11) is 1.64. The minimum atomic E-state index is -0.0494. The molecule has 0 atom stereocenters. The Morgan fingerprint density at radius 2 is 1.55 bits per heavy atom. The normalized spacial score (nSPS) is 11.0. The Morgan fingerprint density at radius 1 is 0.939 bits per heavy atom. The highest BCUT2D eigenvalue weighted by Gasteiger charge is 2.21. The molecule has 4 aromatic rings. The molecule has 0 spiro atoms. The molecule has 0 unspecified atom stereocenters. The average molecular weight is 463 g/mol. The first-order valence-electron chi connectivity index (χ1n) is 11.1. The maximum atomic E-state index is 13.6. The Kier molecular flexibility index (Phi) is 6.94. The smallest absolute Gasteiger partial charge is 0.272 e. The van der Waals surface area contributed by atoms with E-state index in [-0.39, 0.29) is 5.91 Å². The zero-order valence-corrected chi connectivity index (χ0v) is 19.8. The van der Waals surface area contributed by atoms with Crippen molar-refractivity contribution in [2.75, 3.05) is 20.2 Å². The van der Waals surface area contributed by atoms with Gasteiger partial charge in [-0.25, -0.2) is 9.50 Å².